The van der Waals surface area contributed by atoms with Gasteiger partial charge in [0.05, 0.1) is 19.3 Å². The Kier molecular flexibility index (Phi) is 6.58. The molecule has 0 bridgehead atoms. The van der Waals surface area contributed by atoms with Crippen molar-refractivity contribution in [2.75, 3.05) is 20.2 Å². The fraction of sp³-hybridized carbons (Fsp3) is 0.857. The summed E-state index contributed by atoms with van der Waals surface area (Å²) in [7, 11) is 1.92. The summed E-state index contributed by atoms with van der Waals surface area (Å²) in [6, 6.07) is 0.771. The van der Waals surface area contributed by atoms with Crippen molar-refractivity contribution in [3.05, 3.63) is 11.9 Å². The second kappa shape index (κ2) is 7.71. The van der Waals surface area contributed by atoms with E-state index in [4.69, 9.17) is 4.74 Å². The average molecular weight is 283 g/mol. The molecule has 0 aliphatic heterocycles. The molecule has 0 aliphatic carbocycles. The molecule has 1 atom stereocenters. The van der Waals surface area contributed by atoms with Gasteiger partial charge in [0.2, 0.25) is 0 Å². The molecule has 1 rings (SSSR count). The lowest BCUT2D eigenvalue weighted by atomic mass is 10.1. The van der Waals surface area contributed by atoms with Crippen LogP contribution in [0.1, 0.15) is 40.3 Å². The normalized spacial score (nSPS) is 13.9. The summed E-state index contributed by atoms with van der Waals surface area (Å²) < 4.78 is 7.84. The summed E-state index contributed by atoms with van der Waals surface area (Å²) in [5.74, 6) is 0. The molecule has 20 heavy (non-hydrogen) atoms. The van der Waals surface area contributed by atoms with Crippen molar-refractivity contribution >= 4 is 0 Å². The summed E-state index contributed by atoms with van der Waals surface area (Å²) in [5, 5.41) is 14.9. The monoisotopic (exact) mass is 283 g/mol. The van der Waals surface area contributed by atoms with Crippen molar-refractivity contribution in [2.45, 2.75) is 58.8 Å². The van der Waals surface area contributed by atoms with Gasteiger partial charge in [0.25, 0.3) is 0 Å². The number of hydrogen-bond donors (Lipinski definition) is 2. The minimum atomic E-state index is -0.426. The Balaban J connectivity index is 2.52. The predicted molar refractivity (Wildman–Crippen MR) is 80.7 cm³/mol. The second-order valence-corrected chi connectivity index (χ2v) is 6.01. The number of nitrogens with one attached hydrogen (secondary N) is 2. The maximum atomic E-state index is 6.00. The summed E-state index contributed by atoms with van der Waals surface area (Å²) in [6.07, 6.45) is 1.96. The molecule has 6 nitrogen and oxygen atoms in total. The predicted octanol–water partition coefficient (Wildman–Crippen LogP) is 1.14. The number of aromatic nitrogens is 3. The quantitative estimate of drug-likeness (QED) is 0.711. The van der Waals surface area contributed by atoms with Crippen LogP contribution >= 0.6 is 0 Å². The molecule has 1 unspecified atom stereocenters. The van der Waals surface area contributed by atoms with E-state index in [0.29, 0.717) is 18.7 Å². The van der Waals surface area contributed by atoms with Gasteiger partial charge in [0.1, 0.15) is 11.3 Å². The first kappa shape index (κ1) is 17.1. The van der Waals surface area contributed by atoms with Crippen LogP contribution in [0.2, 0.25) is 0 Å². The number of rotatable bonds is 9. The Morgan fingerprint density at radius 2 is 2.05 bits per heavy atom. The minimum absolute atomic E-state index is 0.314. The zero-order valence-corrected chi connectivity index (χ0v) is 13.6. The van der Waals surface area contributed by atoms with Crippen LogP contribution in [0.4, 0.5) is 0 Å². The van der Waals surface area contributed by atoms with Gasteiger partial charge in [-0.3, -0.25) is 4.68 Å². The van der Waals surface area contributed by atoms with Gasteiger partial charge in [-0.1, -0.05) is 19.1 Å². The molecule has 0 amide bonds. The number of likely N-dealkylation sites (N-methyl/N-ethyl adjacent to an activating group) is 1. The van der Waals surface area contributed by atoms with E-state index in [-0.39, 0.29) is 0 Å². The summed E-state index contributed by atoms with van der Waals surface area (Å²) in [4.78, 5) is 0. The van der Waals surface area contributed by atoms with Crippen molar-refractivity contribution in [3.8, 4) is 0 Å². The Hall–Kier alpha value is -0.980. The first-order valence-electron chi connectivity index (χ1n) is 7.30. The van der Waals surface area contributed by atoms with Crippen LogP contribution in [0.15, 0.2) is 6.20 Å². The Morgan fingerprint density at radius 3 is 2.65 bits per heavy atom. The third kappa shape index (κ3) is 5.56. The molecular formula is C14H29N5O. The maximum Gasteiger partial charge on any atom is 0.114 e. The standard InChI is InChI=1S/C14H29N5O/c1-11(2)16-12(3)10-20-14(4,5)13-9-19(18-17-13)8-7-15-6/h9,11-12,15-16H,7-8,10H2,1-6H3. The minimum Gasteiger partial charge on any atom is -0.368 e. The fourth-order valence-electron chi connectivity index (χ4n) is 1.93. The van der Waals surface area contributed by atoms with Gasteiger partial charge in [0.15, 0.2) is 0 Å². The molecule has 1 heterocycles. The maximum absolute atomic E-state index is 6.00. The van der Waals surface area contributed by atoms with E-state index >= 15 is 0 Å². The van der Waals surface area contributed by atoms with Gasteiger partial charge in [-0.25, -0.2) is 0 Å². The van der Waals surface area contributed by atoms with Gasteiger partial charge in [-0.15, -0.1) is 5.10 Å². The highest BCUT2D eigenvalue weighted by Crippen LogP contribution is 2.22. The van der Waals surface area contributed by atoms with E-state index in [9.17, 15) is 0 Å². The largest absolute Gasteiger partial charge is 0.368 e. The third-order valence-electron chi connectivity index (χ3n) is 3.06. The second-order valence-electron chi connectivity index (χ2n) is 6.01. The van der Waals surface area contributed by atoms with Crippen LogP contribution in [0.5, 0.6) is 0 Å². The SMILES string of the molecule is CNCCn1cc(C(C)(C)OCC(C)NC(C)C)nn1. The van der Waals surface area contributed by atoms with Gasteiger partial charge >= 0.3 is 0 Å². The highest BCUT2D eigenvalue weighted by Gasteiger charge is 2.25. The molecule has 6 heteroatoms. The highest BCUT2D eigenvalue weighted by molar-refractivity contribution is 5.04. The van der Waals surface area contributed by atoms with E-state index in [1.54, 1.807) is 0 Å². The third-order valence-corrected chi connectivity index (χ3v) is 3.06. The lowest BCUT2D eigenvalue weighted by molar-refractivity contribution is -0.0341. The zero-order chi connectivity index (χ0) is 15.2. The molecule has 0 spiro atoms. The lowest BCUT2D eigenvalue weighted by Crippen LogP contribution is -2.38. The molecule has 0 saturated carbocycles. The van der Waals surface area contributed by atoms with Crippen molar-refractivity contribution < 1.29 is 4.74 Å². The summed E-state index contributed by atoms with van der Waals surface area (Å²) in [6.45, 7) is 12.8. The number of ether oxygens (including phenoxy) is 1. The van der Waals surface area contributed by atoms with Crippen molar-refractivity contribution in [1.82, 2.24) is 25.6 Å². The van der Waals surface area contributed by atoms with Crippen LogP contribution in [0, 0.1) is 0 Å². The van der Waals surface area contributed by atoms with Crippen LogP contribution in [-0.2, 0) is 16.9 Å². The van der Waals surface area contributed by atoms with Gasteiger partial charge in [-0.2, -0.15) is 0 Å². The van der Waals surface area contributed by atoms with Crippen molar-refractivity contribution in [3.63, 3.8) is 0 Å². The van der Waals surface area contributed by atoms with Crippen LogP contribution < -0.4 is 10.6 Å². The molecule has 1 aromatic heterocycles. The van der Waals surface area contributed by atoms with Crippen molar-refractivity contribution in [2.24, 2.45) is 0 Å². The molecule has 0 radical (unpaired) electrons. The van der Waals surface area contributed by atoms with Crippen LogP contribution in [-0.4, -0.2) is 47.3 Å². The van der Waals surface area contributed by atoms with Crippen LogP contribution in [0.25, 0.3) is 0 Å². The molecule has 0 fully saturated rings. The Labute approximate surface area is 122 Å². The van der Waals surface area contributed by atoms with E-state index in [1.165, 1.54) is 0 Å². The van der Waals surface area contributed by atoms with Crippen LogP contribution in [0.3, 0.4) is 0 Å². The van der Waals surface area contributed by atoms with Crippen molar-refractivity contribution in [1.29, 1.82) is 0 Å². The topological polar surface area (TPSA) is 64.0 Å². The van der Waals surface area contributed by atoms with Gasteiger partial charge in [0, 0.05) is 18.6 Å². The highest BCUT2D eigenvalue weighted by atomic mass is 16.5. The van der Waals surface area contributed by atoms with Gasteiger partial charge < -0.3 is 15.4 Å². The first-order valence-corrected chi connectivity index (χ1v) is 7.30. The van der Waals surface area contributed by atoms with E-state index in [1.807, 2.05) is 31.8 Å². The zero-order valence-electron chi connectivity index (χ0n) is 13.6. The first-order chi connectivity index (χ1) is 9.35. The molecule has 1 aromatic rings. The van der Waals surface area contributed by atoms with E-state index in [0.717, 1.165) is 18.8 Å². The molecule has 116 valence electrons. The number of hydrogen-bond acceptors (Lipinski definition) is 5. The Morgan fingerprint density at radius 1 is 1.35 bits per heavy atom. The summed E-state index contributed by atoms with van der Waals surface area (Å²) in [5.41, 5.74) is 0.440. The molecule has 0 saturated heterocycles. The van der Waals surface area contributed by atoms with Gasteiger partial charge in [-0.05, 0) is 27.8 Å². The lowest BCUT2D eigenvalue weighted by Gasteiger charge is -2.26. The summed E-state index contributed by atoms with van der Waals surface area (Å²) >= 11 is 0. The molecule has 0 aliphatic rings. The smallest absolute Gasteiger partial charge is 0.114 e. The van der Waals surface area contributed by atoms with E-state index < -0.39 is 5.60 Å². The molecule has 2 N–H and O–H groups in total. The molecule has 0 aromatic carbocycles. The number of nitrogens with zero attached hydrogens (tertiary/aromatic N) is 3. The Bertz CT molecular complexity index is 389. The average Bonchev–Trinajstić information content (AvgIpc) is 2.83. The van der Waals surface area contributed by atoms with E-state index in [2.05, 4.69) is 41.7 Å². The fourth-order valence-corrected chi connectivity index (χ4v) is 1.93. The molecular weight excluding hydrogens is 254 g/mol.